The summed E-state index contributed by atoms with van der Waals surface area (Å²) in [5.74, 6) is -7.30. The van der Waals surface area contributed by atoms with E-state index in [4.69, 9.17) is 58.2 Å². The average molecular weight is 1930 g/mol. The number of hydrogen-bond donors (Lipinski definition) is 5. The van der Waals surface area contributed by atoms with Gasteiger partial charge in [-0.3, -0.25) is 28.8 Å². The Labute approximate surface area is 813 Å². The second kappa shape index (κ2) is 51.8. The van der Waals surface area contributed by atoms with Crippen LogP contribution in [0, 0.1) is 35.5 Å². The fourth-order valence-electron chi connectivity index (χ4n) is 19.0. The van der Waals surface area contributed by atoms with E-state index >= 15 is 0 Å². The molecule has 4 fully saturated rings. The van der Waals surface area contributed by atoms with Crippen LogP contribution < -0.4 is 20.9 Å². The van der Waals surface area contributed by atoms with Crippen LogP contribution in [0.2, 0.25) is 0 Å². The van der Waals surface area contributed by atoms with Crippen LogP contribution in [-0.4, -0.2) is 304 Å². The zero-order chi connectivity index (χ0) is 99.4. The maximum Gasteiger partial charge on any atom is 0.410 e. The van der Waals surface area contributed by atoms with Crippen LogP contribution in [0.4, 0.5) is 22.5 Å². The summed E-state index contributed by atoms with van der Waals surface area (Å²) >= 11 is 0. The number of aliphatic hydroxyl groups excluding tert-OH is 1. The predicted molar refractivity (Wildman–Crippen MR) is 520 cm³/mol. The van der Waals surface area contributed by atoms with Crippen LogP contribution in [0.5, 0.6) is 0 Å². The molecule has 1 saturated carbocycles. The number of Topliss-reactive ketones (excluding diaryl/α,β-unsaturated/α-hetero) is 3. The summed E-state index contributed by atoms with van der Waals surface area (Å²) in [5, 5.41) is 32.9. The van der Waals surface area contributed by atoms with Crippen LogP contribution in [0.25, 0.3) is 33.3 Å². The highest BCUT2D eigenvalue weighted by atomic mass is 16.6. The molecular weight excluding hydrogens is 1780 g/mol. The second-order valence-electron chi connectivity index (χ2n) is 37.5. The molecule has 7 aromatic rings. The number of amides is 4. The number of aromatic nitrogens is 10. The van der Waals surface area contributed by atoms with E-state index in [1.54, 1.807) is 80.7 Å². The third kappa shape index (κ3) is 28.6. The molecule has 6 N–H and O–H groups in total. The van der Waals surface area contributed by atoms with Crippen LogP contribution >= 0.6 is 0 Å². The Balaban J connectivity index is 0.000000306. The number of nitrogen functional groups attached to an aromatic ring is 1. The number of rotatable bonds is 29. The quantitative estimate of drug-likeness (QED) is 0.0126. The van der Waals surface area contributed by atoms with Crippen molar-refractivity contribution in [3.8, 4) is 11.3 Å². The van der Waals surface area contributed by atoms with E-state index < -0.39 is 102 Å². The van der Waals surface area contributed by atoms with Crippen molar-refractivity contribution in [2.24, 2.45) is 35.5 Å². The fraction of sp³-hybridized carbons (Fsp3) is 0.588. The molecule has 37 nitrogen and oxygen atoms in total. The highest BCUT2D eigenvalue weighted by Gasteiger charge is 2.53. The minimum absolute atomic E-state index is 0.0131. The molecule has 6 aromatic heterocycles. The van der Waals surface area contributed by atoms with Crippen molar-refractivity contribution in [2.75, 3.05) is 143 Å². The number of hydrogen-bond acceptors (Lipinski definition) is 31. The molecule has 0 radical (unpaired) electrons. The van der Waals surface area contributed by atoms with Gasteiger partial charge in [-0.25, -0.2) is 49.2 Å². The van der Waals surface area contributed by atoms with E-state index in [-0.39, 0.29) is 67.6 Å². The number of carbonyl (C=O) groups excluding carboxylic acids is 8. The molecule has 0 spiro atoms. The number of methoxy groups -OCH3 is 3. The van der Waals surface area contributed by atoms with Crippen LogP contribution in [0.3, 0.4) is 0 Å². The zero-order valence-corrected chi connectivity index (χ0v) is 82.7. The van der Waals surface area contributed by atoms with Gasteiger partial charge in [0.15, 0.2) is 11.4 Å². The van der Waals surface area contributed by atoms with Crippen LogP contribution in [0.15, 0.2) is 121 Å². The number of anilines is 3. The van der Waals surface area contributed by atoms with E-state index in [1.165, 1.54) is 41.2 Å². The van der Waals surface area contributed by atoms with E-state index in [2.05, 4.69) is 75.2 Å². The maximum absolute atomic E-state index is 14.8. The van der Waals surface area contributed by atoms with Crippen molar-refractivity contribution in [1.29, 1.82) is 0 Å². The fourth-order valence-corrected chi connectivity index (χ4v) is 19.0. The molecule has 754 valence electrons. The number of H-pyrrole nitrogens is 1. The number of cyclic esters (lactones) is 1. The molecule has 11 heterocycles. The van der Waals surface area contributed by atoms with Crippen molar-refractivity contribution < 1.29 is 95.9 Å². The van der Waals surface area contributed by atoms with Crippen LogP contribution in [0.1, 0.15) is 178 Å². The molecule has 139 heavy (non-hydrogen) atoms. The molecule has 1 aromatic carbocycles. The van der Waals surface area contributed by atoms with Crippen LogP contribution in [-0.2, 0) is 102 Å². The summed E-state index contributed by atoms with van der Waals surface area (Å²) in [4.78, 5) is 154. The summed E-state index contributed by atoms with van der Waals surface area (Å²) in [6, 6.07) is 9.21. The van der Waals surface area contributed by atoms with E-state index in [0.29, 0.717) is 207 Å². The van der Waals surface area contributed by atoms with Crippen molar-refractivity contribution in [1.82, 2.24) is 69.7 Å². The summed E-state index contributed by atoms with van der Waals surface area (Å²) in [7, 11) is 7.70. The Hall–Kier alpha value is -11.3. The number of carbonyl (C=O) groups is 8. The maximum atomic E-state index is 14.8. The number of pyridine rings is 1. The number of nitrogens with two attached hydrogens (primary N) is 1. The number of piperazine rings is 1. The van der Waals surface area contributed by atoms with Gasteiger partial charge in [-0.1, -0.05) is 96.2 Å². The molecule has 13 rings (SSSR count). The minimum Gasteiger partial charge on any atom is -0.460 e. The van der Waals surface area contributed by atoms with Gasteiger partial charge in [0.25, 0.3) is 17.6 Å². The lowest BCUT2D eigenvalue weighted by Crippen LogP contribution is -2.61. The summed E-state index contributed by atoms with van der Waals surface area (Å²) in [5.41, 5.74) is 15.1. The van der Waals surface area contributed by atoms with Gasteiger partial charge in [-0.15, -0.1) is 0 Å². The number of ketones is 3. The Kier molecular flexibility index (Phi) is 39.7. The monoisotopic (exact) mass is 1920 g/mol. The van der Waals surface area contributed by atoms with Gasteiger partial charge in [0.2, 0.25) is 23.6 Å². The first-order valence-electron chi connectivity index (χ1n) is 48.9. The minimum atomic E-state index is -2.48. The van der Waals surface area contributed by atoms with Gasteiger partial charge in [0.05, 0.1) is 95.0 Å². The van der Waals surface area contributed by atoms with Crippen molar-refractivity contribution in [2.45, 2.75) is 226 Å². The standard InChI is InChI=1S/C68H99N9O15.C34H42N8O5/c1-41-18-14-13-15-19-42(2)55(87-10)34-51-23-21-47(7)68(86,92-51)61(81)63(83)77-25-17-16-20-52(77)64(84)90-56(35-53(78)43(3)31-46(6)59(80)60(89-12)58(79)45(5)30-41)44(4)32-48-22-24-54(57(33-48)88-11)91-67(85)74(9)40-49-36-70-65(71-37-49)75-26-28-76(29-27-75)66-72-38-50(39-73-66)62(82)69-8;1-2-10-44-12-14-46-16-17-47-15-13-45-11-7-29(43)41-9-6-25-18-24(3-4-27(25)22-41)21-42-34-30(32(35)38-23-39-34)31(40-42)28-19-26-5-8-36-33(26)37-20-28/h13-15,18-19,31,36-39,41,43-45,47-48,51-52,54-57,59-60,80,86H,16-17,20-30,32-35,40H2,1-12H3,(H,69,82);3-5,8,18-20,23H,2,6-7,9-17,21-22H2,1H3,(H,36,37)(H2,35,38,39)/b15-13+,18-14+,42-19+,46-31+;/t41-,43-,44-,45-,47-,48+,51+,52+,54-,55+,56+,57-,59-,60+,68-;/m1./s1. The molecular formula is C102H141N17O20. The Bertz CT molecular complexity index is 5390. The number of esters is 1. The number of nitrogens with zero attached hydrogens (tertiary/aromatic N) is 14. The second-order valence-corrected chi connectivity index (χ2v) is 37.5. The first-order chi connectivity index (χ1) is 67.0. The van der Waals surface area contributed by atoms with Crippen molar-refractivity contribution in [3.05, 3.63) is 149 Å². The number of ether oxygens (including phenoxy) is 10. The van der Waals surface area contributed by atoms with E-state index in [0.717, 1.165) is 52.7 Å². The lowest BCUT2D eigenvalue weighted by Gasteiger charge is -2.42. The third-order valence-corrected chi connectivity index (χ3v) is 27.2. The van der Waals surface area contributed by atoms with E-state index in [1.807, 2.05) is 84.0 Å². The summed E-state index contributed by atoms with van der Waals surface area (Å²) in [6.45, 7) is 23.4. The molecule has 3 saturated heterocycles. The lowest BCUT2D eigenvalue weighted by molar-refractivity contribution is -0.265. The molecule has 37 heteroatoms. The molecule has 6 aliphatic rings. The first-order valence-corrected chi connectivity index (χ1v) is 48.9. The van der Waals surface area contributed by atoms with Gasteiger partial charge in [0.1, 0.15) is 59.7 Å². The number of benzene rings is 1. The molecule has 0 unspecified atom stereocenters. The molecule has 5 aliphatic heterocycles. The molecule has 15 atom stereocenters. The summed E-state index contributed by atoms with van der Waals surface area (Å²) in [6.07, 6.45) is 23.1. The lowest BCUT2D eigenvalue weighted by atomic mass is 9.78. The number of piperidine rings is 1. The van der Waals surface area contributed by atoms with E-state index in [9.17, 15) is 48.6 Å². The Morgan fingerprint density at radius 3 is 2.11 bits per heavy atom. The number of nitrogens with one attached hydrogen (secondary N) is 2. The largest absolute Gasteiger partial charge is 0.460 e. The highest BCUT2D eigenvalue weighted by Crippen LogP contribution is 2.40. The van der Waals surface area contributed by atoms with Crippen molar-refractivity contribution in [3.63, 3.8) is 0 Å². The van der Waals surface area contributed by atoms with Crippen molar-refractivity contribution >= 4 is 86.9 Å². The van der Waals surface area contributed by atoms with Gasteiger partial charge in [-0.2, -0.15) is 5.10 Å². The summed E-state index contributed by atoms with van der Waals surface area (Å²) < 4.78 is 60.0. The van der Waals surface area contributed by atoms with Gasteiger partial charge in [0, 0.05) is 172 Å². The first kappa shape index (κ1) is 107. The Morgan fingerprint density at radius 2 is 1.42 bits per heavy atom. The normalized spacial score (nSPS) is 26.2. The van der Waals surface area contributed by atoms with Gasteiger partial charge in [-0.05, 0) is 149 Å². The molecule has 4 amide bonds. The number of fused-ring (bicyclic) bond motifs is 6. The number of aliphatic hydroxyl groups is 2. The Morgan fingerprint density at radius 1 is 0.727 bits per heavy atom. The topological polar surface area (TPSA) is 447 Å². The average Bonchev–Trinajstić information content (AvgIpc) is 1.63. The van der Waals surface area contributed by atoms with Gasteiger partial charge < -0.3 is 98.1 Å². The SMILES string of the molecule is CCCOCCOCCOCCOCCC(=O)N1CCc2cc(Cn3nc(-c4cnc5[nH]ccc5c4)c4c(N)ncnc43)ccc2C1.CNC(=O)c1cnc(N2CCN(c3ncc(CN(C)C(=O)O[C@@H]4CC[C@@H](C[C@@H](C)[C@@H]5CC(=O)[C@H](C)/C=C(\C)[C@@H](O)[C@@H](OC)C(=O)[C@H](C)C[C@H](C)/C=C/C=C/C=C(\C)[C@@H](OC)C[C@@H]6CC[C@@H](C)[C@@](O)(O6)C(=O)C(=O)N6CCCC[C@H]6C(=O)O5)C[C@H]4OC)cn3)CC2)nc1. The predicted octanol–water partition coefficient (Wildman–Crippen LogP) is 10.5. The molecule has 1 aliphatic carbocycles. The zero-order valence-electron chi connectivity index (χ0n) is 82.7. The smallest absolute Gasteiger partial charge is 0.410 e. The number of aromatic amines is 1. The highest BCUT2D eigenvalue weighted by molar-refractivity contribution is 6.39. The third-order valence-electron chi connectivity index (χ3n) is 27.2. The number of allylic oxidation sites excluding steroid dienone is 6. The van der Waals surface area contributed by atoms with Gasteiger partial charge >= 0.3 is 12.1 Å². The molecule has 2 bridgehead atoms.